The molecule has 1 aliphatic rings. The fourth-order valence-electron chi connectivity index (χ4n) is 3.21. The maximum Gasteiger partial charge on any atom is 0.0613 e. The molecule has 0 saturated carbocycles. The fraction of sp³-hybridized carbons (Fsp3) is 1.00. The summed E-state index contributed by atoms with van der Waals surface area (Å²) in [6.07, 6.45) is 7.04. The van der Waals surface area contributed by atoms with Crippen LogP contribution in [0.25, 0.3) is 0 Å². The van der Waals surface area contributed by atoms with Crippen LogP contribution < -0.4 is 5.32 Å². The lowest BCUT2D eigenvalue weighted by atomic mass is 9.90. The maximum absolute atomic E-state index is 9.72. The Hall–Kier alpha value is -0.120. The highest BCUT2D eigenvalue weighted by molar-refractivity contribution is 4.90. The van der Waals surface area contributed by atoms with Crippen LogP contribution in [-0.2, 0) is 0 Å². The lowest BCUT2D eigenvalue weighted by Gasteiger charge is -2.35. The van der Waals surface area contributed by atoms with Gasteiger partial charge in [0.05, 0.1) is 6.61 Å². The van der Waals surface area contributed by atoms with Crippen molar-refractivity contribution in [1.29, 1.82) is 0 Å². The second kappa shape index (κ2) is 7.61. The highest BCUT2D eigenvalue weighted by atomic mass is 16.3. The minimum atomic E-state index is -0.0557. The van der Waals surface area contributed by atoms with Gasteiger partial charge < -0.3 is 10.4 Å². The van der Waals surface area contributed by atoms with E-state index in [0.29, 0.717) is 5.54 Å². The summed E-state index contributed by atoms with van der Waals surface area (Å²) in [7, 11) is 0. The minimum absolute atomic E-state index is 0.0557. The number of aliphatic hydroxyl groups excluding tert-OH is 1. The first kappa shape index (κ1) is 16.9. The van der Waals surface area contributed by atoms with Gasteiger partial charge in [-0.05, 0) is 72.0 Å². The Morgan fingerprint density at radius 2 is 2.05 bits per heavy atom. The largest absolute Gasteiger partial charge is 0.394 e. The number of likely N-dealkylation sites (tertiary alicyclic amines) is 1. The van der Waals surface area contributed by atoms with Gasteiger partial charge in [0.1, 0.15) is 0 Å². The van der Waals surface area contributed by atoms with Crippen molar-refractivity contribution in [2.24, 2.45) is 0 Å². The summed E-state index contributed by atoms with van der Waals surface area (Å²) in [4.78, 5) is 2.62. The average molecular weight is 270 g/mol. The summed E-state index contributed by atoms with van der Waals surface area (Å²) in [6.45, 7) is 12.7. The maximum atomic E-state index is 9.72. The van der Waals surface area contributed by atoms with Crippen molar-refractivity contribution in [1.82, 2.24) is 10.2 Å². The van der Waals surface area contributed by atoms with E-state index in [-0.39, 0.29) is 12.1 Å². The van der Waals surface area contributed by atoms with E-state index in [1.807, 2.05) is 0 Å². The van der Waals surface area contributed by atoms with Gasteiger partial charge in [0, 0.05) is 11.1 Å². The van der Waals surface area contributed by atoms with Crippen LogP contribution in [0.1, 0.15) is 66.2 Å². The molecule has 3 heteroatoms. The standard InChI is InChI=1S/C16H34N2O/c1-5-11-17-16(6-2,14-19)10-8-13-18-12-7-9-15(18,3)4/h17,19H,5-14H2,1-4H3. The minimum Gasteiger partial charge on any atom is -0.394 e. The van der Waals surface area contributed by atoms with Crippen LogP contribution in [0, 0.1) is 0 Å². The Morgan fingerprint density at radius 3 is 2.53 bits per heavy atom. The molecule has 0 radical (unpaired) electrons. The van der Waals surface area contributed by atoms with Crippen molar-refractivity contribution in [3.05, 3.63) is 0 Å². The molecule has 1 fully saturated rings. The van der Waals surface area contributed by atoms with Crippen LogP contribution in [-0.4, -0.2) is 47.3 Å². The van der Waals surface area contributed by atoms with Crippen molar-refractivity contribution >= 4 is 0 Å². The lowest BCUT2D eigenvalue weighted by Crippen LogP contribution is -2.49. The third-order valence-corrected chi connectivity index (χ3v) is 4.89. The van der Waals surface area contributed by atoms with Gasteiger partial charge in [-0.15, -0.1) is 0 Å². The second-order valence-electron chi connectivity index (χ2n) is 6.73. The molecular weight excluding hydrogens is 236 g/mol. The molecule has 0 bridgehead atoms. The number of nitrogens with zero attached hydrogens (tertiary/aromatic N) is 1. The zero-order chi connectivity index (χ0) is 14.4. The molecular formula is C16H34N2O. The molecule has 19 heavy (non-hydrogen) atoms. The van der Waals surface area contributed by atoms with Gasteiger partial charge in [-0.1, -0.05) is 13.8 Å². The third kappa shape index (κ3) is 4.73. The Bertz CT molecular complexity index is 249. The topological polar surface area (TPSA) is 35.5 Å². The summed E-state index contributed by atoms with van der Waals surface area (Å²) in [5.41, 5.74) is 0.324. The monoisotopic (exact) mass is 270 g/mol. The Morgan fingerprint density at radius 1 is 1.32 bits per heavy atom. The summed E-state index contributed by atoms with van der Waals surface area (Å²) >= 11 is 0. The normalized spacial score (nSPS) is 22.6. The molecule has 0 aromatic carbocycles. The Labute approximate surface area is 119 Å². The van der Waals surface area contributed by atoms with Crippen LogP contribution in [0.2, 0.25) is 0 Å². The van der Waals surface area contributed by atoms with Gasteiger partial charge >= 0.3 is 0 Å². The van der Waals surface area contributed by atoms with Gasteiger partial charge in [-0.25, -0.2) is 0 Å². The highest BCUT2D eigenvalue weighted by Gasteiger charge is 2.32. The molecule has 114 valence electrons. The molecule has 1 rings (SSSR count). The van der Waals surface area contributed by atoms with Gasteiger partial charge in [0.15, 0.2) is 0 Å². The first-order chi connectivity index (χ1) is 8.99. The Kier molecular flexibility index (Phi) is 6.78. The van der Waals surface area contributed by atoms with Crippen molar-refractivity contribution in [3.8, 4) is 0 Å². The van der Waals surface area contributed by atoms with Crippen LogP contribution in [0.15, 0.2) is 0 Å². The molecule has 0 spiro atoms. The van der Waals surface area contributed by atoms with Crippen LogP contribution >= 0.6 is 0 Å². The molecule has 3 nitrogen and oxygen atoms in total. The van der Waals surface area contributed by atoms with Crippen molar-refractivity contribution in [3.63, 3.8) is 0 Å². The molecule has 0 aliphatic carbocycles. The van der Waals surface area contributed by atoms with Gasteiger partial charge in [-0.2, -0.15) is 0 Å². The zero-order valence-electron chi connectivity index (χ0n) is 13.5. The van der Waals surface area contributed by atoms with Crippen LogP contribution in [0.5, 0.6) is 0 Å². The van der Waals surface area contributed by atoms with E-state index < -0.39 is 0 Å². The third-order valence-electron chi connectivity index (χ3n) is 4.89. The molecule has 1 atom stereocenters. The SMILES string of the molecule is CCCNC(CC)(CO)CCCN1CCCC1(C)C. The fourth-order valence-corrected chi connectivity index (χ4v) is 3.21. The number of aliphatic hydroxyl groups is 1. The average Bonchev–Trinajstić information content (AvgIpc) is 2.73. The van der Waals surface area contributed by atoms with E-state index in [0.717, 1.165) is 25.8 Å². The number of hydrogen-bond donors (Lipinski definition) is 2. The summed E-state index contributed by atoms with van der Waals surface area (Å²) in [5.74, 6) is 0. The second-order valence-corrected chi connectivity index (χ2v) is 6.73. The molecule has 0 aromatic heterocycles. The summed E-state index contributed by atoms with van der Waals surface area (Å²) < 4.78 is 0. The lowest BCUT2D eigenvalue weighted by molar-refractivity contribution is 0.126. The van der Waals surface area contributed by atoms with E-state index in [1.165, 1.54) is 32.4 Å². The molecule has 2 N–H and O–H groups in total. The van der Waals surface area contributed by atoms with Crippen molar-refractivity contribution in [2.75, 3.05) is 26.2 Å². The van der Waals surface area contributed by atoms with E-state index in [1.54, 1.807) is 0 Å². The number of hydrogen-bond acceptors (Lipinski definition) is 3. The first-order valence-corrected chi connectivity index (χ1v) is 8.10. The van der Waals surface area contributed by atoms with E-state index >= 15 is 0 Å². The van der Waals surface area contributed by atoms with E-state index in [9.17, 15) is 5.11 Å². The smallest absolute Gasteiger partial charge is 0.0613 e. The van der Waals surface area contributed by atoms with Gasteiger partial charge in [0.2, 0.25) is 0 Å². The van der Waals surface area contributed by atoms with Crippen molar-refractivity contribution < 1.29 is 5.11 Å². The van der Waals surface area contributed by atoms with Gasteiger partial charge in [-0.3, -0.25) is 4.90 Å². The molecule has 0 aromatic rings. The predicted octanol–water partition coefficient (Wildman–Crippen LogP) is 2.78. The van der Waals surface area contributed by atoms with Crippen LogP contribution in [0.3, 0.4) is 0 Å². The molecule has 1 saturated heterocycles. The first-order valence-electron chi connectivity index (χ1n) is 8.10. The molecule has 1 unspecified atom stereocenters. The van der Waals surface area contributed by atoms with Crippen LogP contribution in [0.4, 0.5) is 0 Å². The van der Waals surface area contributed by atoms with Crippen molar-refractivity contribution in [2.45, 2.75) is 77.3 Å². The zero-order valence-corrected chi connectivity index (χ0v) is 13.5. The Balaban J connectivity index is 2.39. The summed E-state index contributed by atoms with van der Waals surface area (Å²) in [6, 6.07) is 0. The molecule has 1 heterocycles. The van der Waals surface area contributed by atoms with Gasteiger partial charge in [0.25, 0.3) is 0 Å². The van der Waals surface area contributed by atoms with E-state index in [2.05, 4.69) is 37.9 Å². The molecule has 1 aliphatic heterocycles. The molecule has 0 amide bonds. The quantitative estimate of drug-likeness (QED) is 0.676. The number of rotatable bonds is 9. The predicted molar refractivity (Wildman–Crippen MR) is 82.5 cm³/mol. The van der Waals surface area contributed by atoms with E-state index in [4.69, 9.17) is 0 Å². The summed E-state index contributed by atoms with van der Waals surface area (Å²) in [5, 5.41) is 13.3. The number of nitrogens with one attached hydrogen (secondary N) is 1. The highest BCUT2D eigenvalue weighted by Crippen LogP contribution is 2.29.